The maximum absolute atomic E-state index is 12.0. The lowest BCUT2D eigenvalue weighted by Gasteiger charge is -2.13. The zero-order chi connectivity index (χ0) is 15.9. The zero-order valence-electron chi connectivity index (χ0n) is 13.2. The Labute approximate surface area is 131 Å². The normalized spacial score (nSPS) is 11.8. The molecule has 1 aromatic heterocycles. The van der Waals surface area contributed by atoms with Crippen LogP contribution in [-0.4, -0.2) is 17.6 Å². The molecule has 0 aliphatic carbocycles. The van der Waals surface area contributed by atoms with Crippen molar-refractivity contribution in [3.8, 4) is 22.8 Å². The Hall–Kier alpha value is -2.36. The average molecular weight is 299 g/mol. The predicted octanol–water partition coefficient (Wildman–Crippen LogP) is 4.10. The molecule has 0 aliphatic heterocycles. The second kappa shape index (κ2) is 7.59. The largest absolute Gasteiger partial charge is 0.478 e. The van der Waals surface area contributed by atoms with Crippen molar-refractivity contribution in [1.82, 2.24) is 4.98 Å². The second-order valence-electron chi connectivity index (χ2n) is 5.04. The maximum Gasteiger partial charge on any atom is 0.314 e. The first kappa shape index (κ1) is 16.0. The molecule has 0 amide bonds. The average Bonchev–Trinajstić information content (AvgIpc) is 2.55. The third kappa shape index (κ3) is 3.85. The number of esters is 1. The molecule has 4 nitrogen and oxygen atoms in total. The summed E-state index contributed by atoms with van der Waals surface area (Å²) in [6.07, 6.45) is 2.44. The Morgan fingerprint density at radius 3 is 2.73 bits per heavy atom. The van der Waals surface area contributed by atoms with Crippen molar-refractivity contribution in [2.75, 3.05) is 6.61 Å². The van der Waals surface area contributed by atoms with Crippen molar-refractivity contribution < 1.29 is 14.3 Å². The van der Waals surface area contributed by atoms with E-state index in [9.17, 15) is 4.79 Å². The molecule has 0 aliphatic rings. The van der Waals surface area contributed by atoms with Gasteiger partial charge < -0.3 is 9.47 Å². The predicted molar refractivity (Wildman–Crippen MR) is 85.9 cm³/mol. The van der Waals surface area contributed by atoms with Crippen LogP contribution in [0, 0.1) is 5.92 Å². The molecule has 2 aromatic rings. The molecule has 0 saturated heterocycles. The number of ether oxygens (including phenoxy) is 2. The number of rotatable bonds is 6. The van der Waals surface area contributed by atoms with Gasteiger partial charge in [-0.15, -0.1) is 0 Å². The Morgan fingerprint density at radius 2 is 2.00 bits per heavy atom. The number of hydrogen-bond donors (Lipinski definition) is 0. The number of para-hydroxylation sites is 1. The number of benzene rings is 1. The van der Waals surface area contributed by atoms with Crippen molar-refractivity contribution in [2.45, 2.75) is 27.2 Å². The second-order valence-corrected chi connectivity index (χ2v) is 5.04. The molecule has 4 heteroatoms. The molecule has 116 valence electrons. The minimum atomic E-state index is -0.214. The summed E-state index contributed by atoms with van der Waals surface area (Å²) >= 11 is 0. The molecule has 0 fully saturated rings. The van der Waals surface area contributed by atoms with Crippen LogP contribution < -0.4 is 9.47 Å². The van der Waals surface area contributed by atoms with Crippen LogP contribution in [0.2, 0.25) is 0 Å². The van der Waals surface area contributed by atoms with E-state index in [1.807, 2.05) is 51.1 Å². The molecule has 2 rings (SSSR count). The van der Waals surface area contributed by atoms with Crippen LogP contribution in [-0.2, 0) is 4.79 Å². The highest BCUT2D eigenvalue weighted by molar-refractivity contribution is 5.79. The van der Waals surface area contributed by atoms with Gasteiger partial charge in [-0.25, -0.2) is 4.98 Å². The SMILES string of the molecule is CCOc1cc(-c2ccccc2OC(=O)C(C)CC)ccn1. The number of nitrogens with zero attached hydrogens (tertiary/aromatic N) is 1. The van der Waals surface area contributed by atoms with Crippen LogP contribution in [0.4, 0.5) is 0 Å². The van der Waals surface area contributed by atoms with E-state index in [2.05, 4.69) is 4.98 Å². The molecule has 1 unspecified atom stereocenters. The van der Waals surface area contributed by atoms with Gasteiger partial charge in [0.25, 0.3) is 0 Å². The molecule has 0 spiro atoms. The highest BCUT2D eigenvalue weighted by Crippen LogP contribution is 2.31. The van der Waals surface area contributed by atoms with Crippen LogP contribution in [0.25, 0.3) is 11.1 Å². The lowest BCUT2D eigenvalue weighted by molar-refractivity contribution is -0.138. The summed E-state index contributed by atoms with van der Waals surface area (Å²) in [4.78, 5) is 16.2. The van der Waals surface area contributed by atoms with Gasteiger partial charge in [0, 0.05) is 17.8 Å². The molecule has 1 atom stereocenters. The van der Waals surface area contributed by atoms with Gasteiger partial charge in [0.15, 0.2) is 0 Å². The van der Waals surface area contributed by atoms with Crippen LogP contribution >= 0.6 is 0 Å². The Kier molecular flexibility index (Phi) is 5.53. The van der Waals surface area contributed by atoms with E-state index in [-0.39, 0.29) is 11.9 Å². The fourth-order valence-corrected chi connectivity index (χ4v) is 1.97. The molecule has 0 bridgehead atoms. The number of pyridine rings is 1. The van der Waals surface area contributed by atoms with Crippen molar-refractivity contribution in [3.63, 3.8) is 0 Å². The minimum Gasteiger partial charge on any atom is -0.478 e. The quantitative estimate of drug-likeness (QED) is 0.595. The molecule has 22 heavy (non-hydrogen) atoms. The summed E-state index contributed by atoms with van der Waals surface area (Å²) in [5.74, 6) is 0.781. The van der Waals surface area contributed by atoms with Gasteiger partial charge in [-0.3, -0.25) is 4.79 Å². The highest BCUT2D eigenvalue weighted by Gasteiger charge is 2.16. The molecule has 0 radical (unpaired) electrons. The van der Waals surface area contributed by atoms with Gasteiger partial charge in [-0.1, -0.05) is 32.0 Å². The van der Waals surface area contributed by atoms with Crippen LogP contribution in [0.1, 0.15) is 27.2 Å². The highest BCUT2D eigenvalue weighted by atomic mass is 16.5. The molecule has 0 N–H and O–H groups in total. The monoisotopic (exact) mass is 299 g/mol. The van der Waals surface area contributed by atoms with Crippen molar-refractivity contribution in [1.29, 1.82) is 0 Å². The lowest BCUT2D eigenvalue weighted by Crippen LogP contribution is -2.17. The number of carbonyl (C=O) groups excluding carboxylic acids is 1. The summed E-state index contributed by atoms with van der Waals surface area (Å²) in [7, 11) is 0. The Bertz CT molecular complexity index is 640. The molecular formula is C18H21NO3. The van der Waals surface area contributed by atoms with E-state index < -0.39 is 0 Å². The first-order valence-corrected chi connectivity index (χ1v) is 7.55. The third-order valence-electron chi connectivity index (χ3n) is 3.45. The standard InChI is InChI=1S/C18H21NO3/c1-4-13(3)18(20)22-16-9-7-6-8-15(16)14-10-11-19-17(12-14)21-5-2/h6-13H,4-5H2,1-3H3. The Balaban J connectivity index is 2.32. The van der Waals surface area contributed by atoms with Gasteiger partial charge >= 0.3 is 5.97 Å². The van der Waals surface area contributed by atoms with E-state index in [4.69, 9.17) is 9.47 Å². The number of aromatic nitrogens is 1. The van der Waals surface area contributed by atoms with Gasteiger partial charge in [0.2, 0.25) is 5.88 Å². The van der Waals surface area contributed by atoms with Gasteiger partial charge in [0.05, 0.1) is 12.5 Å². The fourth-order valence-electron chi connectivity index (χ4n) is 1.97. The molecule has 1 heterocycles. The summed E-state index contributed by atoms with van der Waals surface area (Å²) in [6, 6.07) is 11.2. The van der Waals surface area contributed by atoms with Crippen LogP contribution in [0.3, 0.4) is 0 Å². The van der Waals surface area contributed by atoms with Crippen molar-refractivity contribution in [2.24, 2.45) is 5.92 Å². The molecular weight excluding hydrogens is 278 g/mol. The van der Waals surface area contributed by atoms with Gasteiger partial charge in [-0.05, 0) is 31.0 Å². The summed E-state index contributed by atoms with van der Waals surface area (Å²) < 4.78 is 11.0. The number of carbonyl (C=O) groups is 1. The lowest BCUT2D eigenvalue weighted by atomic mass is 10.1. The maximum atomic E-state index is 12.0. The summed E-state index contributed by atoms with van der Waals surface area (Å²) in [5.41, 5.74) is 1.76. The smallest absolute Gasteiger partial charge is 0.314 e. The molecule has 0 saturated carbocycles. The fraction of sp³-hybridized carbons (Fsp3) is 0.333. The van der Waals surface area contributed by atoms with Crippen LogP contribution in [0.15, 0.2) is 42.6 Å². The molecule has 1 aromatic carbocycles. The summed E-state index contributed by atoms with van der Waals surface area (Å²) in [5, 5.41) is 0. The summed E-state index contributed by atoms with van der Waals surface area (Å²) in [6.45, 7) is 6.30. The number of hydrogen-bond acceptors (Lipinski definition) is 4. The van der Waals surface area contributed by atoms with Gasteiger partial charge in [0.1, 0.15) is 5.75 Å². The van der Waals surface area contributed by atoms with Crippen molar-refractivity contribution in [3.05, 3.63) is 42.6 Å². The van der Waals surface area contributed by atoms with Gasteiger partial charge in [-0.2, -0.15) is 0 Å². The van der Waals surface area contributed by atoms with E-state index in [0.717, 1.165) is 17.5 Å². The van der Waals surface area contributed by atoms with Crippen LogP contribution in [0.5, 0.6) is 11.6 Å². The topological polar surface area (TPSA) is 48.4 Å². The van der Waals surface area contributed by atoms with E-state index >= 15 is 0 Å². The minimum absolute atomic E-state index is 0.121. The van der Waals surface area contributed by atoms with E-state index in [1.54, 1.807) is 12.3 Å². The first-order chi connectivity index (χ1) is 10.7. The van der Waals surface area contributed by atoms with Crippen molar-refractivity contribution >= 4 is 5.97 Å². The zero-order valence-corrected chi connectivity index (χ0v) is 13.2. The first-order valence-electron chi connectivity index (χ1n) is 7.55. The van der Waals surface area contributed by atoms with E-state index in [1.165, 1.54) is 0 Å². The third-order valence-corrected chi connectivity index (χ3v) is 3.45. The Morgan fingerprint density at radius 1 is 1.23 bits per heavy atom. The van der Waals surface area contributed by atoms with E-state index in [0.29, 0.717) is 18.2 Å².